The van der Waals surface area contributed by atoms with Gasteiger partial charge in [0.1, 0.15) is 10.7 Å². The fraction of sp³-hybridized carbons (Fsp3) is 0.250. The van der Waals surface area contributed by atoms with Crippen LogP contribution in [0, 0.1) is 13.8 Å². The molecular formula is C20H21NO5S2. The van der Waals surface area contributed by atoms with Gasteiger partial charge in [-0.3, -0.25) is 0 Å². The highest BCUT2D eigenvalue weighted by Gasteiger charge is 2.30. The first-order valence-electron chi connectivity index (χ1n) is 8.70. The number of sulfonamides is 1. The maximum atomic E-state index is 13.3. The molecule has 0 bridgehead atoms. The van der Waals surface area contributed by atoms with Gasteiger partial charge in [-0.15, -0.1) is 11.3 Å². The van der Waals surface area contributed by atoms with Crippen LogP contribution in [0.2, 0.25) is 0 Å². The zero-order chi connectivity index (χ0) is 20.3. The summed E-state index contributed by atoms with van der Waals surface area (Å²) in [5.41, 5.74) is 1.03. The van der Waals surface area contributed by atoms with Crippen molar-refractivity contribution < 1.29 is 22.7 Å². The molecule has 0 saturated heterocycles. The average molecular weight is 420 g/mol. The van der Waals surface area contributed by atoms with E-state index in [1.807, 2.05) is 49.4 Å². The molecule has 0 fully saturated rings. The van der Waals surface area contributed by atoms with Crippen molar-refractivity contribution in [1.29, 1.82) is 0 Å². The highest BCUT2D eigenvalue weighted by atomic mass is 32.2. The van der Waals surface area contributed by atoms with Gasteiger partial charge in [-0.1, -0.05) is 30.3 Å². The van der Waals surface area contributed by atoms with Gasteiger partial charge in [-0.25, -0.2) is 13.2 Å². The van der Waals surface area contributed by atoms with E-state index in [9.17, 15) is 13.2 Å². The van der Waals surface area contributed by atoms with E-state index in [2.05, 4.69) is 0 Å². The lowest BCUT2D eigenvalue weighted by Gasteiger charge is -2.21. The monoisotopic (exact) mass is 419 g/mol. The number of carbonyl (C=O) groups is 1. The summed E-state index contributed by atoms with van der Waals surface area (Å²) in [6.45, 7) is 3.93. The van der Waals surface area contributed by atoms with Crippen LogP contribution in [0.4, 0.5) is 0 Å². The minimum Gasteiger partial charge on any atom is -0.475 e. The lowest BCUT2D eigenvalue weighted by molar-refractivity contribution is 0.0661. The molecule has 0 amide bonds. The number of carboxylic acid groups (broad SMARTS) is 1. The summed E-state index contributed by atoms with van der Waals surface area (Å²) in [4.78, 5) is 13.1. The molecule has 1 aromatic carbocycles. The van der Waals surface area contributed by atoms with Crippen molar-refractivity contribution in [3.05, 3.63) is 75.4 Å². The SMILES string of the molecule is Cc1ccc(CN(CCc2ccccc2)S(=O)(=O)c2cc(C(=O)O)oc2C)s1. The lowest BCUT2D eigenvalue weighted by Crippen LogP contribution is -2.32. The first kappa shape index (κ1) is 20.3. The molecule has 2 heterocycles. The Labute approximate surface area is 168 Å². The number of hydrogen-bond acceptors (Lipinski definition) is 5. The Morgan fingerprint density at radius 2 is 1.86 bits per heavy atom. The Bertz CT molecular complexity index is 1070. The number of aryl methyl sites for hydroxylation is 2. The van der Waals surface area contributed by atoms with Crippen molar-refractivity contribution in [2.75, 3.05) is 6.54 Å². The number of benzene rings is 1. The summed E-state index contributed by atoms with van der Waals surface area (Å²) >= 11 is 1.54. The highest BCUT2D eigenvalue weighted by molar-refractivity contribution is 7.89. The van der Waals surface area contributed by atoms with Crippen LogP contribution < -0.4 is 0 Å². The van der Waals surface area contributed by atoms with Crippen LogP contribution in [0.5, 0.6) is 0 Å². The van der Waals surface area contributed by atoms with E-state index in [1.165, 1.54) is 22.6 Å². The van der Waals surface area contributed by atoms with Crippen molar-refractivity contribution in [2.24, 2.45) is 0 Å². The number of thiophene rings is 1. The van der Waals surface area contributed by atoms with Gasteiger partial charge < -0.3 is 9.52 Å². The van der Waals surface area contributed by atoms with E-state index in [4.69, 9.17) is 9.52 Å². The normalized spacial score (nSPS) is 11.8. The summed E-state index contributed by atoms with van der Waals surface area (Å²) in [6.07, 6.45) is 0.549. The van der Waals surface area contributed by atoms with E-state index < -0.39 is 16.0 Å². The number of carboxylic acids is 1. The van der Waals surface area contributed by atoms with E-state index in [-0.39, 0.29) is 29.5 Å². The quantitative estimate of drug-likeness (QED) is 0.594. The fourth-order valence-electron chi connectivity index (χ4n) is 2.89. The first-order chi connectivity index (χ1) is 13.3. The van der Waals surface area contributed by atoms with Gasteiger partial charge in [0.2, 0.25) is 15.8 Å². The third kappa shape index (κ3) is 4.52. The lowest BCUT2D eigenvalue weighted by atomic mass is 10.1. The Hall–Kier alpha value is -2.42. The second-order valence-corrected chi connectivity index (χ2v) is 9.70. The van der Waals surface area contributed by atoms with Gasteiger partial charge in [-0.05, 0) is 38.0 Å². The van der Waals surface area contributed by atoms with Crippen LogP contribution >= 0.6 is 11.3 Å². The summed E-state index contributed by atoms with van der Waals surface area (Å²) in [5, 5.41) is 9.12. The second kappa shape index (κ2) is 8.30. The van der Waals surface area contributed by atoms with Gasteiger partial charge in [0, 0.05) is 28.9 Å². The summed E-state index contributed by atoms with van der Waals surface area (Å²) in [6, 6.07) is 14.6. The highest BCUT2D eigenvalue weighted by Crippen LogP contribution is 2.27. The van der Waals surface area contributed by atoms with E-state index in [0.717, 1.165) is 21.4 Å². The summed E-state index contributed by atoms with van der Waals surface area (Å²) < 4.78 is 33.1. The van der Waals surface area contributed by atoms with Crippen molar-refractivity contribution in [3.8, 4) is 0 Å². The molecular weight excluding hydrogens is 398 g/mol. The van der Waals surface area contributed by atoms with Crippen LogP contribution in [-0.4, -0.2) is 30.3 Å². The molecule has 8 heteroatoms. The molecule has 3 aromatic rings. The van der Waals surface area contributed by atoms with Crippen molar-refractivity contribution >= 4 is 27.3 Å². The molecule has 0 saturated carbocycles. The third-order valence-corrected chi connectivity index (χ3v) is 7.26. The van der Waals surface area contributed by atoms with Gasteiger partial charge >= 0.3 is 5.97 Å². The predicted octanol–water partition coefficient (Wildman–Crippen LogP) is 4.09. The topological polar surface area (TPSA) is 87.8 Å². The summed E-state index contributed by atoms with van der Waals surface area (Å²) in [5.74, 6) is -1.61. The number of furan rings is 1. The third-order valence-electron chi connectivity index (χ3n) is 4.32. The van der Waals surface area contributed by atoms with E-state index in [0.29, 0.717) is 6.42 Å². The molecule has 2 aromatic heterocycles. The molecule has 0 aliphatic carbocycles. The minimum atomic E-state index is -3.92. The maximum Gasteiger partial charge on any atom is 0.371 e. The zero-order valence-corrected chi connectivity index (χ0v) is 17.2. The Balaban J connectivity index is 1.92. The molecule has 0 atom stereocenters. The molecule has 3 rings (SSSR count). The smallest absolute Gasteiger partial charge is 0.371 e. The van der Waals surface area contributed by atoms with Crippen molar-refractivity contribution in [1.82, 2.24) is 4.31 Å². The van der Waals surface area contributed by atoms with Gasteiger partial charge in [-0.2, -0.15) is 4.31 Å². The van der Waals surface area contributed by atoms with E-state index >= 15 is 0 Å². The molecule has 0 spiro atoms. The zero-order valence-electron chi connectivity index (χ0n) is 15.6. The Kier molecular flexibility index (Phi) is 6.02. The summed E-state index contributed by atoms with van der Waals surface area (Å²) in [7, 11) is -3.92. The molecule has 6 nitrogen and oxygen atoms in total. The van der Waals surface area contributed by atoms with Crippen LogP contribution in [0.25, 0.3) is 0 Å². The Morgan fingerprint density at radius 3 is 2.43 bits per heavy atom. The standard InChI is InChI=1S/C20H21NO5S2/c1-14-8-9-17(27-14)13-21(11-10-16-6-4-3-5-7-16)28(24,25)19-12-18(20(22)23)26-15(19)2/h3-9,12H,10-11,13H2,1-2H3,(H,22,23). The van der Waals surface area contributed by atoms with Gasteiger partial charge in [0.05, 0.1) is 0 Å². The van der Waals surface area contributed by atoms with Crippen LogP contribution in [0.3, 0.4) is 0 Å². The van der Waals surface area contributed by atoms with Crippen molar-refractivity contribution in [3.63, 3.8) is 0 Å². The molecule has 1 N–H and O–H groups in total. The average Bonchev–Trinajstić information content (AvgIpc) is 3.25. The maximum absolute atomic E-state index is 13.3. The number of aromatic carboxylic acids is 1. The molecule has 0 unspecified atom stereocenters. The van der Waals surface area contributed by atoms with Crippen molar-refractivity contribution in [2.45, 2.75) is 31.7 Å². The van der Waals surface area contributed by atoms with Gasteiger partial charge in [0.15, 0.2) is 0 Å². The largest absolute Gasteiger partial charge is 0.475 e. The second-order valence-electron chi connectivity index (χ2n) is 6.42. The molecule has 0 aliphatic heterocycles. The molecule has 0 radical (unpaired) electrons. The van der Waals surface area contributed by atoms with Crippen LogP contribution in [0.15, 0.2) is 57.8 Å². The molecule has 148 valence electrons. The van der Waals surface area contributed by atoms with Crippen LogP contribution in [-0.2, 0) is 23.0 Å². The minimum absolute atomic E-state index is 0.0736. The van der Waals surface area contributed by atoms with Crippen LogP contribution in [0.1, 0.15) is 31.6 Å². The number of nitrogens with zero attached hydrogens (tertiary/aromatic N) is 1. The number of rotatable bonds is 8. The first-order valence-corrected chi connectivity index (χ1v) is 11.0. The Morgan fingerprint density at radius 1 is 1.14 bits per heavy atom. The molecule has 0 aliphatic rings. The predicted molar refractivity (Wildman–Crippen MR) is 107 cm³/mol. The molecule has 28 heavy (non-hydrogen) atoms. The van der Waals surface area contributed by atoms with E-state index in [1.54, 1.807) is 0 Å². The fourth-order valence-corrected chi connectivity index (χ4v) is 5.46. The number of hydrogen-bond donors (Lipinski definition) is 1. The van der Waals surface area contributed by atoms with Gasteiger partial charge in [0.25, 0.3) is 0 Å².